The van der Waals surface area contributed by atoms with Gasteiger partial charge in [0.2, 0.25) is 0 Å². The van der Waals surface area contributed by atoms with Gasteiger partial charge in [0.25, 0.3) is 11.8 Å². The molecule has 1 heterocycles. The first-order valence-electron chi connectivity index (χ1n) is 10.4. The molecule has 1 aliphatic heterocycles. The minimum atomic E-state index is -0.355. The number of benzene rings is 3. The van der Waals surface area contributed by atoms with Crippen LogP contribution in [0.25, 0.3) is 5.57 Å². The summed E-state index contributed by atoms with van der Waals surface area (Å²) in [5.74, 6) is 0.366. The lowest BCUT2D eigenvalue weighted by atomic mass is 10.1. The van der Waals surface area contributed by atoms with Crippen molar-refractivity contribution < 1.29 is 19.1 Å². The fourth-order valence-electron chi connectivity index (χ4n) is 3.48. The minimum absolute atomic E-state index is 0.352. The van der Waals surface area contributed by atoms with Crippen LogP contribution in [0.4, 0.5) is 5.69 Å². The van der Waals surface area contributed by atoms with Crippen LogP contribution in [-0.4, -0.2) is 25.0 Å². The highest BCUT2D eigenvalue weighted by Gasteiger charge is 2.40. The summed E-state index contributed by atoms with van der Waals surface area (Å²) in [5.41, 5.74) is 1.56. The second-order valence-electron chi connectivity index (χ2n) is 6.93. The Kier molecular flexibility index (Phi) is 6.61. The zero-order valence-corrected chi connectivity index (χ0v) is 18.7. The fourth-order valence-corrected chi connectivity index (χ4v) is 4.50. The molecule has 3 aromatic rings. The quantitative estimate of drug-likeness (QED) is 0.425. The lowest BCUT2D eigenvalue weighted by molar-refractivity contribution is -0.119. The van der Waals surface area contributed by atoms with Crippen molar-refractivity contribution in [3.8, 4) is 11.5 Å². The molecule has 0 fully saturated rings. The van der Waals surface area contributed by atoms with Gasteiger partial charge in [-0.2, -0.15) is 0 Å². The van der Waals surface area contributed by atoms with E-state index in [4.69, 9.17) is 9.47 Å². The summed E-state index contributed by atoms with van der Waals surface area (Å²) >= 11 is 1.30. The second kappa shape index (κ2) is 9.75. The van der Waals surface area contributed by atoms with E-state index in [0.717, 1.165) is 4.90 Å². The van der Waals surface area contributed by atoms with Gasteiger partial charge in [-0.15, -0.1) is 0 Å². The van der Waals surface area contributed by atoms with Crippen LogP contribution >= 0.6 is 11.8 Å². The third kappa shape index (κ3) is 4.27. The van der Waals surface area contributed by atoms with E-state index in [1.54, 1.807) is 18.2 Å². The topological polar surface area (TPSA) is 55.8 Å². The summed E-state index contributed by atoms with van der Waals surface area (Å²) in [4.78, 5) is 29.6. The Balaban J connectivity index is 1.77. The summed E-state index contributed by atoms with van der Waals surface area (Å²) in [6, 6.07) is 24.0. The van der Waals surface area contributed by atoms with Crippen LogP contribution in [0.15, 0.2) is 88.7 Å². The molecule has 0 N–H and O–H groups in total. The average Bonchev–Trinajstić information content (AvgIpc) is 3.06. The van der Waals surface area contributed by atoms with Crippen molar-refractivity contribution in [3.05, 3.63) is 89.3 Å². The number of ether oxygens (including phenoxy) is 2. The van der Waals surface area contributed by atoms with E-state index >= 15 is 0 Å². The lowest BCUT2D eigenvalue weighted by Crippen LogP contribution is -2.31. The maximum absolute atomic E-state index is 13.6. The summed E-state index contributed by atoms with van der Waals surface area (Å²) in [7, 11) is 0. The van der Waals surface area contributed by atoms with Gasteiger partial charge in [-0.05, 0) is 43.7 Å². The second-order valence-corrected chi connectivity index (χ2v) is 8.01. The van der Waals surface area contributed by atoms with Crippen molar-refractivity contribution in [2.24, 2.45) is 0 Å². The van der Waals surface area contributed by atoms with Gasteiger partial charge in [0, 0.05) is 11.0 Å². The largest absolute Gasteiger partial charge is 0.490 e. The van der Waals surface area contributed by atoms with Crippen LogP contribution in [0.1, 0.15) is 19.4 Å². The predicted octanol–water partition coefficient (Wildman–Crippen LogP) is 5.56. The minimum Gasteiger partial charge on any atom is -0.490 e. The van der Waals surface area contributed by atoms with E-state index in [0.29, 0.717) is 46.4 Å². The van der Waals surface area contributed by atoms with Crippen molar-refractivity contribution >= 4 is 34.8 Å². The van der Waals surface area contributed by atoms with E-state index in [1.165, 1.54) is 16.7 Å². The molecule has 2 amide bonds. The predicted molar refractivity (Wildman–Crippen MR) is 127 cm³/mol. The molecule has 0 saturated heterocycles. The van der Waals surface area contributed by atoms with Gasteiger partial charge in [-0.1, -0.05) is 60.3 Å². The molecule has 0 bridgehead atoms. The SMILES string of the molecule is CCOc1ccc(N2C(=O)C(Sc3ccccc3)=C(c3ccccc3)C2=O)cc1OCC. The molecule has 1 aliphatic rings. The zero-order chi connectivity index (χ0) is 22.5. The van der Waals surface area contributed by atoms with Crippen LogP contribution in [0.3, 0.4) is 0 Å². The van der Waals surface area contributed by atoms with Crippen molar-refractivity contribution in [2.45, 2.75) is 18.7 Å². The molecule has 0 aromatic heterocycles. The maximum atomic E-state index is 13.6. The van der Waals surface area contributed by atoms with Crippen molar-refractivity contribution in [3.63, 3.8) is 0 Å². The first-order valence-corrected chi connectivity index (χ1v) is 11.3. The summed E-state index contributed by atoms with van der Waals surface area (Å²) in [5, 5.41) is 0. The summed E-state index contributed by atoms with van der Waals surface area (Å²) in [6.45, 7) is 4.69. The van der Waals surface area contributed by atoms with Gasteiger partial charge in [0.1, 0.15) is 0 Å². The molecule has 4 rings (SSSR count). The monoisotopic (exact) mass is 445 g/mol. The highest BCUT2D eigenvalue weighted by Crippen LogP contribution is 2.42. The fraction of sp³-hybridized carbons (Fsp3) is 0.154. The smallest absolute Gasteiger partial charge is 0.272 e. The number of carbonyl (C=O) groups excluding carboxylic acids is 2. The number of hydrogen-bond acceptors (Lipinski definition) is 5. The van der Waals surface area contributed by atoms with Crippen LogP contribution < -0.4 is 14.4 Å². The van der Waals surface area contributed by atoms with Crippen LogP contribution in [0.2, 0.25) is 0 Å². The Morgan fingerprint density at radius 2 is 1.38 bits per heavy atom. The number of anilines is 1. The molecule has 0 spiro atoms. The van der Waals surface area contributed by atoms with E-state index in [1.807, 2.05) is 74.5 Å². The van der Waals surface area contributed by atoms with Gasteiger partial charge in [0.15, 0.2) is 11.5 Å². The Bertz CT molecular complexity index is 1160. The summed E-state index contributed by atoms with van der Waals surface area (Å²) in [6.07, 6.45) is 0. The lowest BCUT2D eigenvalue weighted by Gasteiger charge is -2.18. The molecule has 0 saturated carbocycles. The van der Waals surface area contributed by atoms with Gasteiger partial charge in [-0.25, -0.2) is 4.90 Å². The number of carbonyl (C=O) groups is 2. The first-order chi connectivity index (χ1) is 15.6. The van der Waals surface area contributed by atoms with Gasteiger partial charge >= 0.3 is 0 Å². The molecular formula is C26H23NO4S. The molecule has 0 aliphatic carbocycles. The molecule has 162 valence electrons. The van der Waals surface area contributed by atoms with E-state index in [-0.39, 0.29) is 11.8 Å². The Morgan fingerprint density at radius 3 is 2.03 bits per heavy atom. The third-order valence-electron chi connectivity index (χ3n) is 4.85. The van der Waals surface area contributed by atoms with E-state index in [2.05, 4.69) is 0 Å². The normalized spacial score (nSPS) is 13.6. The van der Waals surface area contributed by atoms with E-state index in [9.17, 15) is 9.59 Å². The van der Waals surface area contributed by atoms with Crippen LogP contribution in [0, 0.1) is 0 Å². The van der Waals surface area contributed by atoms with E-state index < -0.39 is 0 Å². The Labute approximate surface area is 191 Å². The molecular weight excluding hydrogens is 422 g/mol. The average molecular weight is 446 g/mol. The van der Waals surface area contributed by atoms with Crippen LogP contribution in [0.5, 0.6) is 11.5 Å². The molecule has 0 radical (unpaired) electrons. The van der Waals surface area contributed by atoms with Gasteiger partial charge in [0.05, 0.1) is 29.4 Å². The zero-order valence-electron chi connectivity index (χ0n) is 17.9. The van der Waals surface area contributed by atoms with Crippen molar-refractivity contribution in [1.82, 2.24) is 0 Å². The standard InChI is InChI=1S/C26H23NO4S/c1-3-30-21-16-15-19(17-22(21)31-4-2)27-25(28)23(18-11-7-5-8-12-18)24(26(27)29)32-20-13-9-6-10-14-20/h5-17H,3-4H2,1-2H3. The molecule has 0 unspecified atom stereocenters. The number of hydrogen-bond donors (Lipinski definition) is 0. The van der Waals surface area contributed by atoms with Gasteiger partial charge in [-0.3, -0.25) is 9.59 Å². The third-order valence-corrected chi connectivity index (χ3v) is 5.94. The van der Waals surface area contributed by atoms with Gasteiger partial charge < -0.3 is 9.47 Å². The van der Waals surface area contributed by atoms with Crippen molar-refractivity contribution in [1.29, 1.82) is 0 Å². The number of thioether (sulfide) groups is 1. The highest BCUT2D eigenvalue weighted by molar-refractivity contribution is 8.04. The molecule has 32 heavy (non-hydrogen) atoms. The van der Waals surface area contributed by atoms with Crippen molar-refractivity contribution in [2.75, 3.05) is 18.1 Å². The number of amides is 2. The number of rotatable bonds is 8. The number of nitrogens with zero attached hydrogens (tertiary/aromatic N) is 1. The molecule has 0 atom stereocenters. The number of imide groups is 1. The summed E-state index contributed by atoms with van der Waals surface area (Å²) < 4.78 is 11.3. The molecule has 6 heteroatoms. The molecule has 5 nitrogen and oxygen atoms in total. The van der Waals surface area contributed by atoms with Crippen LogP contribution in [-0.2, 0) is 9.59 Å². The highest BCUT2D eigenvalue weighted by atomic mass is 32.2. The first kappa shape index (κ1) is 21.7. The molecule has 3 aromatic carbocycles. The Hall–Kier alpha value is -3.51. The maximum Gasteiger partial charge on any atom is 0.272 e. The Morgan fingerprint density at radius 1 is 0.750 bits per heavy atom.